The molecule has 0 aliphatic rings. The Bertz CT molecular complexity index is 464. The number of aromatic nitrogens is 2. The summed E-state index contributed by atoms with van der Waals surface area (Å²) in [5.74, 6) is 1.99. The van der Waals surface area contributed by atoms with Crippen LogP contribution in [-0.4, -0.2) is 17.7 Å². The molecule has 0 saturated heterocycles. The van der Waals surface area contributed by atoms with E-state index in [-0.39, 0.29) is 7.69 Å². The third-order valence-electron chi connectivity index (χ3n) is 1.96. The Hall–Kier alpha value is -2.44. The summed E-state index contributed by atoms with van der Waals surface area (Å²) in [5.41, 5.74) is 11.0. The number of anilines is 2. The van der Waals surface area contributed by atoms with E-state index in [0.717, 1.165) is 0 Å². The number of rotatable bonds is 4. The quantitative estimate of drug-likeness (QED) is 0.736. The Morgan fingerprint density at radius 2 is 1.35 bits per heavy atom. The van der Waals surface area contributed by atoms with Crippen LogP contribution in [0.2, 0.25) is 0 Å². The van der Waals surface area contributed by atoms with Crippen molar-refractivity contribution in [1.82, 2.24) is 9.97 Å². The fraction of sp³-hybridized carbons (Fsp3) is 0. The summed E-state index contributed by atoms with van der Waals surface area (Å²) >= 11 is 0. The number of nitrogens with zero attached hydrogens (tertiary/aromatic N) is 2. The largest absolute Gasteiger partial charge is 0.576 e. The number of pyridine rings is 2. The summed E-state index contributed by atoms with van der Waals surface area (Å²) < 4.78 is 10.7. The molecule has 0 aliphatic carbocycles. The van der Waals surface area contributed by atoms with Crippen LogP contribution in [0.15, 0.2) is 36.7 Å². The Labute approximate surface area is 98.9 Å². The van der Waals surface area contributed by atoms with E-state index in [1.54, 1.807) is 36.7 Å². The lowest BCUT2D eigenvalue weighted by Crippen LogP contribution is -2.11. The average Bonchev–Trinajstić information content (AvgIpc) is 2.29. The lowest BCUT2D eigenvalue weighted by atomic mass is 10.3. The summed E-state index contributed by atoms with van der Waals surface area (Å²) in [6.45, 7) is 0. The van der Waals surface area contributed by atoms with Crippen molar-refractivity contribution in [2.45, 2.75) is 0 Å². The molecule has 0 saturated carbocycles. The van der Waals surface area contributed by atoms with Crippen molar-refractivity contribution in [1.29, 1.82) is 0 Å². The van der Waals surface area contributed by atoms with Gasteiger partial charge < -0.3 is 20.8 Å². The fourth-order valence-corrected chi connectivity index (χ4v) is 1.20. The maximum absolute atomic E-state index is 5.50. The topological polar surface area (TPSA) is 96.3 Å². The van der Waals surface area contributed by atoms with Crippen molar-refractivity contribution in [3.8, 4) is 11.5 Å². The summed E-state index contributed by atoms with van der Waals surface area (Å²) in [7, 11) is 0.0624. The Morgan fingerprint density at radius 1 is 0.882 bits per heavy atom. The highest BCUT2D eigenvalue weighted by Crippen LogP contribution is 2.14. The van der Waals surface area contributed by atoms with E-state index in [2.05, 4.69) is 9.97 Å². The molecule has 4 N–H and O–H groups in total. The first-order valence-corrected chi connectivity index (χ1v) is 4.93. The van der Waals surface area contributed by atoms with E-state index in [1.165, 1.54) is 0 Å². The minimum Gasteiger partial charge on any atom is -0.528 e. The molecule has 2 rings (SSSR count). The zero-order valence-electron chi connectivity index (χ0n) is 9.04. The first-order valence-electron chi connectivity index (χ1n) is 4.93. The van der Waals surface area contributed by atoms with Crippen LogP contribution in [0.4, 0.5) is 11.6 Å². The van der Waals surface area contributed by atoms with Crippen LogP contribution in [0.3, 0.4) is 0 Å². The molecule has 0 spiro atoms. The molecular weight excluding hydrogens is 219 g/mol. The number of hydrogen-bond donors (Lipinski definition) is 2. The Morgan fingerprint density at radius 3 is 1.76 bits per heavy atom. The second kappa shape index (κ2) is 5.06. The van der Waals surface area contributed by atoms with E-state index >= 15 is 0 Å². The Kier molecular flexibility index (Phi) is 3.30. The Balaban J connectivity index is 1.87. The highest BCUT2D eigenvalue weighted by Gasteiger charge is 2.00. The van der Waals surface area contributed by atoms with Crippen LogP contribution in [-0.2, 0) is 0 Å². The van der Waals surface area contributed by atoms with Crippen molar-refractivity contribution >= 4 is 19.3 Å². The van der Waals surface area contributed by atoms with Crippen LogP contribution < -0.4 is 20.8 Å². The smallest absolute Gasteiger partial charge is 0.528 e. The third kappa shape index (κ3) is 3.27. The van der Waals surface area contributed by atoms with Gasteiger partial charge in [0.2, 0.25) is 0 Å². The SMILES string of the molecule is Nc1cc(OBOc2ccnc(N)c2)ccn1. The summed E-state index contributed by atoms with van der Waals surface area (Å²) in [5, 5.41) is 0. The molecule has 0 amide bonds. The van der Waals surface area contributed by atoms with E-state index < -0.39 is 0 Å². The van der Waals surface area contributed by atoms with Crippen molar-refractivity contribution < 1.29 is 9.31 Å². The molecule has 17 heavy (non-hydrogen) atoms. The van der Waals surface area contributed by atoms with Gasteiger partial charge in [0, 0.05) is 24.5 Å². The van der Waals surface area contributed by atoms with Crippen molar-refractivity contribution in [2.24, 2.45) is 0 Å². The molecule has 0 radical (unpaired) electrons. The van der Waals surface area contributed by atoms with E-state index in [0.29, 0.717) is 23.1 Å². The normalized spacial score (nSPS) is 9.65. The maximum Gasteiger partial charge on any atom is 0.576 e. The fourth-order valence-electron chi connectivity index (χ4n) is 1.20. The third-order valence-corrected chi connectivity index (χ3v) is 1.96. The second-order valence-corrected chi connectivity index (χ2v) is 3.24. The van der Waals surface area contributed by atoms with Gasteiger partial charge in [-0.05, 0) is 12.1 Å². The maximum atomic E-state index is 5.50. The van der Waals surface area contributed by atoms with E-state index in [1.807, 2.05) is 0 Å². The summed E-state index contributed by atoms with van der Waals surface area (Å²) in [6.07, 6.45) is 3.13. The monoisotopic (exact) mass is 230 g/mol. The van der Waals surface area contributed by atoms with Gasteiger partial charge in [0.05, 0.1) is 0 Å². The highest BCUT2D eigenvalue weighted by molar-refractivity contribution is 6.20. The van der Waals surface area contributed by atoms with Crippen molar-refractivity contribution in [3.05, 3.63) is 36.7 Å². The number of nitrogens with two attached hydrogens (primary N) is 2. The van der Waals surface area contributed by atoms with Crippen LogP contribution in [0.25, 0.3) is 0 Å². The zero-order valence-corrected chi connectivity index (χ0v) is 9.04. The van der Waals surface area contributed by atoms with Crippen LogP contribution >= 0.6 is 0 Å². The molecular formula is C10H11BN4O2. The molecule has 0 unspecified atom stereocenters. The summed E-state index contributed by atoms with van der Waals surface area (Å²) in [6, 6.07) is 6.62. The van der Waals surface area contributed by atoms with Gasteiger partial charge in [-0.3, -0.25) is 0 Å². The molecule has 0 aliphatic heterocycles. The van der Waals surface area contributed by atoms with Crippen molar-refractivity contribution in [3.63, 3.8) is 0 Å². The molecule has 0 atom stereocenters. The molecule has 6 nitrogen and oxygen atoms in total. The predicted octanol–water partition coefficient (Wildman–Crippen LogP) is 0.365. The van der Waals surface area contributed by atoms with Gasteiger partial charge in [-0.25, -0.2) is 9.97 Å². The van der Waals surface area contributed by atoms with Crippen LogP contribution in [0.5, 0.6) is 11.5 Å². The molecule has 0 bridgehead atoms. The van der Waals surface area contributed by atoms with Gasteiger partial charge >= 0.3 is 7.69 Å². The average molecular weight is 230 g/mol. The standard InChI is InChI=1S/C10H11BN4O2/c12-9-5-7(1-3-14-9)16-11-17-8-2-4-15-10(13)6-8/h1-6,11H,(H2,12,14)(H2,13,15). The van der Waals surface area contributed by atoms with Gasteiger partial charge in [-0.1, -0.05) is 0 Å². The van der Waals surface area contributed by atoms with Gasteiger partial charge in [0.1, 0.15) is 23.1 Å². The molecule has 0 aromatic carbocycles. The lowest BCUT2D eigenvalue weighted by Gasteiger charge is -2.07. The molecule has 2 aromatic heterocycles. The number of hydrogen-bond acceptors (Lipinski definition) is 6. The van der Waals surface area contributed by atoms with Gasteiger partial charge in [-0.15, -0.1) is 0 Å². The minimum atomic E-state index is 0.0624. The first kappa shape index (κ1) is 11.1. The molecule has 2 aromatic rings. The van der Waals surface area contributed by atoms with E-state index in [4.69, 9.17) is 20.8 Å². The molecule has 2 heterocycles. The lowest BCUT2D eigenvalue weighted by molar-refractivity contribution is 0.459. The van der Waals surface area contributed by atoms with Gasteiger partial charge in [0.25, 0.3) is 0 Å². The number of nitrogen functional groups attached to an aromatic ring is 2. The van der Waals surface area contributed by atoms with Gasteiger partial charge in [-0.2, -0.15) is 0 Å². The molecule has 7 heteroatoms. The zero-order chi connectivity index (χ0) is 12.1. The van der Waals surface area contributed by atoms with Crippen molar-refractivity contribution in [2.75, 3.05) is 11.5 Å². The molecule has 86 valence electrons. The van der Waals surface area contributed by atoms with Gasteiger partial charge in [0.15, 0.2) is 0 Å². The molecule has 0 fully saturated rings. The highest BCUT2D eigenvalue weighted by atomic mass is 16.6. The first-order chi connectivity index (χ1) is 8.24. The minimum absolute atomic E-state index is 0.0624. The predicted molar refractivity (Wildman–Crippen MR) is 65.7 cm³/mol. The van der Waals surface area contributed by atoms with E-state index in [9.17, 15) is 0 Å². The second-order valence-electron chi connectivity index (χ2n) is 3.24. The van der Waals surface area contributed by atoms with Crippen LogP contribution in [0, 0.1) is 0 Å². The van der Waals surface area contributed by atoms with Crippen LogP contribution in [0.1, 0.15) is 0 Å². The summed E-state index contributed by atoms with van der Waals surface area (Å²) in [4.78, 5) is 7.70.